The summed E-state index contributed by atoms with van der Waals surface area (Å²) >= 11 is 0. The standard InChI is InChI=1S/C16H34N2Si/c1-13(2)17-19(18-14(3)4,15-9-5-6-10-15)16-11-7-8-12-16/h13-18H,5-12H2,1-4H3. The van der Waals surface area contributed by atoms with Crippen molar-refractivity contribution in [3.8, 4) is 0 Å². The predicted molar refractivity (Wildman–Crippen MR) is 86.7 cm³/mol. The van der Waals surface area contributed by atoms with Crippen LogP contribution in [0.25, 0.3) is 0 Å². The SMILES string of the molecule is CC(C)N[Si](NC(C)C)(C1CCCC1)C1CCCC1. The monoisotopic (exact) mass is 282 g/mol. The molecule has 0 aromatic heterocycles. The number of hydrogen-bond acceptors (Lipinski definition) is 2. The van der Waals surface area contributed by atoms with E-state index in [9.17, 15) is 0 Å². The van der Waals surface area contributed by atoms with E-state index < -0.39 is 8.40 Å². The van der Waals surface area contributed by atoms with Crippen LogP contribution in [0.4, 0.5) is 0 Å². The van der Waals surface area contributed by atoms with E-state index in [0.717, 1.165) is 11.1 Å². The normalized spacial score (nSPS) is 23.1. The molecular formula is C16H34N2Si. The van der Waals surface area contributed by atoms with Crippen LogP contribution < -0.4 is 9.96 Å². The Bertz CT molecular complexity index is 238. The first-order valence-corrected chi connectivity index (χ1v) is 10.8. The lowest BCUT2D eigenvalue weighted by atomic mass is 10.3. The zero-order chi connectivity index (χ0) is 13.9. The van der Waals surface area contributed by atoms with Gasteiger partial charge in [-0.25, -0.2) is 0 Å². The van der Waals surface area contributed by atoms with Gasteiger partial charge in [-0.15, -0.1) is 0 Å². The van der Waals surface area contributed by atoms with Crippen LogP contribution in [0.1, 0.15) is 79.1 Å². The molecule has 2 nitrogen and oxygen atoms in total. The van der Waals surface area contributed by atoms with Crippen molar-refractivity contribution in [2.24, 2.45) is 0 Å². The average Bonchev–Trinajstić information content (AvgIpc) is 3.01. The van der Waals surface area contributed by atoms with Crippen LogP contribution in [0.15, 0.2) is 0 Å². The fraction of sp³-hybridized carbons (Fsp3) is 1.00. The molecule has 2 aliphatic rings. The van der Waals surface area contributed by atoms with E-state index in [4.69, 9.17) is 0 Å². The Morgan fingerprint density at radius 1 is 0.684 bits per heavy atom. The molecule has 0 amide bonds. The highest BCUT2D eigenvalue weighted by Crippen LogP contribution is 2.47. The van der Waals surface area contributed by atoms with Crippen LogP contribution in [0, 0.1) is 0 Å². The summed E-state index contributed by atoms with van der Waals surface area (Å²) in [6.45, 7) is 9.36. The maximum absolute atomic E-state index is 4.14. The second-order valence-electron chi connectivity index (χ2n) is 7.43. The highest BCUT2D eigenvalue weighted by Gasteiger charge is 2.50. The minimum Gasteiger partial charge on any atom is -0.323 e. The molecule has 0 radical (unpaired) electrons. The molecule has 0 aliphatic heterocycles. The van der Waals surface area contributed by atoms with E-state index in [-0.39, 0.29) is 0 Å². The van der Waals surface area contributed by atoms with Gasteiger partial charge in [-0.1, -0.05) is 79.1 Å². The fourth-order valence-corrected chi connectivity index (χ4v) is 10.8. The van der Waals surface area contributed by atoms with E-state index >= 15 is 0 Å². The number of nitrogens with one attached hydrogen (secondary N) is 2. The summed E-state index contributed by atoms with van der Waals surface area (Å²) in [4.78, 5) is 8.27. The predicted octanol–water partition coefficient (Wildman–Crippen LogP) is 4.31. The van der Waals surface area contributed by atoms with Crippen LogP contribution in [0.5, 0.6) is 0 Å². The van der Waals surface area contributed by atoms with Crippen LogP contribution in [-0.4, -0.2) is 20.5 Å². The van der Waals surface area contributed by atoms with Gasteiger partial charge < -0.3 is 9.96 Å². The van der Waals surface area contributed by atoms with Gasteiger partial charge in [0.05, 0.1) is 0 Å². The molecule has 2 fully saturated rings. The molecule has 0 aromatic carbocycles. The third-order valence-corrected chi connectivity index (χ3v) is 10.9. The van der Waals surface area contributed by atoms with E-state index in [1.807, 2.05) is 0 Å². The maximum Gasteiger partial charge on any atom is 0.208 e. The van der Waals surface area contributed by atoms with Gasteiger partial charge in [-0.2, -0.15) is 0 Å². The van der Waals surface area contributed by atoms with Crippen molar-refractivity contribution in [3.63, 3.8) is 0 Å². The fourth-order valence-electron chi connectivity index (χ4n) is 4.56. The molecule has 2 rings (SSSR count). The van der Waals surface area contributed by atoms with Crippen molar-refractivity contribution < 1.29 is 0 Å². The number of rotatable bonds is 6. The molecule has 19 heavy (non-hydrogen) atoms. The molecule has 0 heterocycles. The van der Waals surface area contributed by atoms with Crippen LogP contribution in [0.2, 0.25) is 11.1 Å². The van der Waals surface area contributed by atoms with E-state index in [1.165, 1.54) is 51.4 Å². The van der Waals surface area contributed by atoms with Crippen LogP contribution >= 0.6 is 0 Å². The minimum atomic E-state index is -1.56. The molecule has 0 unspecified atom stereocenters. The van der Waals surface area contributed by atoms with Gasteiger partial charge in [0.25, 0.3) is 0 Å². The first kappa shape index (κ1) is 15.5. The van der Waals surface area contributed by atoms with E-state index in [1.54, 1.807) is 0 Å². The molecular weight excluding hydrogens is 248 g/mol. The Labute approximate surface area is 121 Å². The Balaban J connectivity index is 2.24. The van der Waals surface area contributed by atoms with Gasteiger partial charge in [-0.05, 0) is 23.2 Å². The first-order chi connectivity index (χ1) is 9.04. The van der Waals surface area contributed by atoms with Gasteiger partial charge in [-0.3, -0.25) is 0 Å². The van der Waals surface area contributed by atoms with Crippen LogP contribution in [-0.2, 0) is 0 Å². The Morgan fingerprint density at radius 2 is 1.00 bits per heavy atom. The van der Waals surface area contributed by atoms with Crippen LogP contribution in [0.3, 0.4) is 0 Å². The zero-order valence-electron chi connectivity index (χ0n) is 13.5. The van der Waals surface area contributed by atoms with E-state index in [0.29, 0.717) is 12.1 Å². The lowest BCUT2D eigenvalue weighted by Crippen LogP contribution is -2.70. The van der Waals surface area contributed by atoms with Crippen molar-refractivity contribution >= 4 is 8.40 Å². The van der Waals surface area contributed by atoms with Crippen molar-refractivity contribution in [1.29, 1.82) is 0 Å². The molecule has 3 heteroatoms. The molecule has 2 saturated carbocycles. The van der Waals surface area contributed by atoms with Crippen molar-refractivity contribution in [2.75, 3.05) is 0 Å². The summed E-state index contributed by atoms with van der Waals surface area (Å²) in [6.07, 6.45) is 11.8. The second-order valence-corrected chi connectivity index (χ2v) is 11.4. The van der Waals surface area contributed by atoms with Gasteiger partial charge >= 0.3 is 0 Å². The Hall–Kier alpha value is 0.137. The third kappa shape index (κ3) is 3.62. The molecule has 112 valence electrons. The molecule has 2 N–H and O–H groups in total. The van der Waals surface area contributed by atoms with Gasteiger partial charge in [0.15, 0.2) is 0 Å². The highest BCUT2D eigenvalue weighted by atomic mass is 28.3. The first-order valence-electron chi connectivity index (χ1n) is 8.60. The number of hydrogen-bond donors (Lipinski definition) is 2. The minimum absolute atomic E-state index is 0.624. The van der Waals surface area contributed by atoms with Gasteiger partial charge in [0.1, 0.15) is 0 Å². The molecule has 0 spiro atoms. The van der Waals surface area contributed by atoms with Gasteiger partial charge in [0, 0.05) is 0 Å². The summed E-state index contributed by atoms with van der Waals surface area (Å²) < 4.78 is 0. The Morgan fingerprint density at radius 3 is 1.26 bits per heavy atom. The molecule has 0 atom stereocenters. The van der Waals surface area contributed by atoms with Crippen molar-refractivity contribution in [3.05, 3.63) is 0 Å². The maximum atomic E-state index is 4.14. The van der Waals surface area contributed by atoms with Gasteiger partial charge in [0.2, 0.25) is 8.40 Å². The highest BCUT2D eigenvalue weighted by molar-refractivity contribution is 6.78. The molecule has 2 aliphatic carbocycles. The summed E-state index contributed by atoms with van der Waals surface area (Å²) in [7, 11) is -1.56. The van der Waals surface area contributed by atoms with E-state index in [2.05, 4.69) is 37.7 Å². The molecule has 0 bridgehead atoms. The third-order valence-electron chi connectivity index (χ3n) is 5.05. The topological polar surface area (TPSA) is 24.1 Å². The lowest BCUT2D eigenvalue weighted by Gasteiger charge is -2.45. The Kier molecular flexibility index (Phi) is 5.50. The lowest BCUT2D eigenvalue weighted by molar-refractivity contribution is 0.577. The quantitative estimate of drug-likeness (QED) is 0.709. The summed E-state index contributed by atoms with van der Waals surface area (Å²) in [5, 5.41) is 0. The zero-order valence-corrected chi connectivity index (χ0v) is 14.5. The smallest absolute Gasteiger partial charge is 0.208 e. The summed E-state index contributed by atoms with van der Waals surface area (Å²) in [5.41, 5.74) is 1.95. The molecule has 0 aromatic rings. The largest absolute Gasteiger partial charge is 0.323 e. The van der Waals surface area contributed by atoms with Crippen molar-refractivity contribution in [2.45, 2.75) is 102 Å². The summed E-state index contributed by atoms with van der Waals surface area (Å²) in [5.74, 6) is 0. The molecule has 0 saturated heterocycles. The van der Waals surface area contributed by atoms with Crippen molar-refractivity contribution in [1.82, 2.24) is 9.96 Å². The summed E-state index contributed by atoms with van der Waals surface area (Å²) in [6, 6.07) is 1.25. The average molecular weight is 283 g/mol. The second kappa shape index (κ2) is 6.73.